The summed E-state index contributed by atoms with van der Waals surface area (Å²) in [5.41, 5.74) is 6.67. The highest BCUT2D eigenvalue weighted by molar-refractivity contribution is 5.77. The lowest BCUT2D eigenvalue weighted by Gasteiger charge is -2.20. The van der Waals surface area contributed by atoms with Gasteiger partial charge in [0.2, 0.25) is 5.91 Å². The number of hydrogen-bond donors (Lipinski definition) is 2. The molecule has 0 spiro atoms. The Morgan fingerprint density at radius 1 is 1.56 bits per heavy atom. The Labute approximate surface area is 96.2 Å². The van der Waals surface area contributed by atoms with Gasteiger partial charge in [0.15, 0.2) is 0 Å². The second kappa shape index (κ2) is 5.46. The molecule has 1 aliphatic heterocycles. The van der Waals surface area contributed by atoms with Crippen LogP contribution in [0.15, 0.2) is 11.6 Å². The van der Waals surface area contributed by atoms with E-state index in [9.17, 15) is 4.79 Å². The van der Waals surface area contributed by atoms with Crippen molar-refractivity contribution in [1.82, 2.24) is 5.32 Å². The van der Waals surface area contributed by atoms with Gasteiger partial charge in [-0.2, -0.15) is 0 Å². The summed E-state index contributed by atoms with van der Waals surface area (Å²) in [5, 5.41) is 3.43. The highest BCUT2D eigenvalue weighted by Crippen LogP contribution is 2.25. The third-order valence-corrected chi connectivity index (χ3v) is 3.46. The molecular weight excluding hydrogens is 204 g/mol. The molecule has 2 unspecified atom stereocenters. The number of primary amides is 1. The van der Waals surface area contributed by atoms with Crippen LogP contribution in [-0.4, -0.2) is 31.7 Å². The fourth-order valence-corrected chi connectivity index (χ4v) is 2.54. The molecule has 1 aliphatic carbocycles. The van der Waals surface area contributed by atoms with Crippen LogP contribution in [0.4, 0.5) is 0 Å². The average molecular weight is 224 g/mol. The topological polar surface area (TPSA) is 64.4 Å². The van der Waals surface area contributed by atoms with Gasteiger partial charge in [0.1, 0.15) is 0 Å². The molecule has 0 radical (unpaired) electrons. The first-order valence-electron chi connectivity index (χ1n) is 6.05. The van der Waals surface area contributed by atoms with Crippen molar-refractivity contribution in [2.75, 3.05) is 19.8 Å². The second-order valence-electron chi connectivity index (χ2n) is 4.63. The van der Waals surface area contributed by atoms with Crippen LogP contribution in [0.2, 0.25) is 0 Å². The first kappa shape index (κ1) is 11.6. The highest BCUT2D eigenvalue weighted by atomic mass is 16.5. The molecule has 0 aromatic carbocycles. The minimum absolute atomic E-state index is 0.0186. The van der Waals surface area contributed by atoms with E-state index in [2.05, 4.69) is 11.4 Å². The molecule has 1 saturated carbocycles. The number of carbonyl (C=O) groups is 1. The molecule has 0 saturated heterocycles. The average Bonchev–Trinajstić information content (AvgIpc) is 2.76. The molecule has 0 bridgehead atoms. The number of ether oxygens (including phenoxy) is 1. The Hall–Kier alpha value is -0.870. The molecule has 2 atom stereocenters. The summed E-state index contributed by atoms with van der Waals surface area (Å²) in [5.74, 6) is -0.144. The van der Waals surface area contributed by atoms with E-state index in [-0.39, 0.29) is 17.9 Å². The maximum absolute atomic E-state index is 11.2. The molecule has 2 rings (SSSR count). The van der Waals surface area contributed by atoms with E-state index >= 15 is 0 Å². The van der Waals surface area contributed by atoms with Gasteiger partial charge in [-0.05, 0) is 24.8 Å². The summed E-state index contributed by atoms with van der Waals surface area (Å²) >= 11 is 0. The minimum Gasteiger partial charge on any atom is -0.377 e. The van der Waals surface area contributed by atoms with Crippen molar-refractivity contribution < 1.29 is 9.53 Å². The van der Waals surface area contributed by atoms with Crippen molar-refractivity contribution in [2.45, 2.75) is 31.7 Å². The molecular formula is C12H20N2O2. The Bertz CT molecular complexity index is 289. The molecule has 0 aromatic heterocycles. The number of hydrogen-bond acceptors (Lipinski definition) is 3. The smallest absolute Gasteiger partial charge is 0.222 e. The second-order valence-corrected chi connectivity index (χ2v) is 4.63. The van der Waals surface area contributed by atoms with E-state index in [1.807, 2.05) is 0 Å². The van der Waals surface area contributed by atoms with Crippen LogP contribution in [0.5, 0.6) is 0 Å². The van der Waals surface area contributed by atoms with E-state index in [4.69, 9.17) is 10.5 Å². The zero-order valence-electron chi connectivity index (χ0n) is 9.58. The molecule has 3 N–H and O–H groups in total. The maximum atomic E-state index is 11.2. The predicted octanol–water partition coefficient (Wildman–Crippen LogP) is 0.577. The molecule has 90 valence electrons. The third-order valence-electron chi connectivity index (χ3n) is 3.46. The zero-order chi connectivity index (χ0) is 11.4. The van der Waals surface area contributed by atoms with Gasteiger partial charge in [-0.25, -0.2) is 0 Å². The summed E-state index contributed by atoms with van der Waals surface area (Å²) in [6.45, 7) is 2.38. The van der Waals surface area contributed by atoms with E-state index in [1.54, 1.807) is 0 Å². The van der Waals surface area contributed by atoms with Gasteiger partial charge < -0.3 is 15.8 Å². The Morgan fingerprint density at radius 2 is 2.44 bits per heavy atom. The molecule has 1 heterocycles. The quantitative estimate of drug-likeness (QED) is 0.686. The summed E-state index contributed by atoms with van der Waals surface area (Å²) in [6, 6.07) is 0.264. The first-order valence-corrected chi connectivity index (χ1v) is 6.05. The number of rotatable bonds is 4. The van der Waals surface area contributed by atoms with Crippen molar-refractivity contribution >= 4 is 5.91 Å². The summed E-state index contributed by atoms with van der Waals surface area (Å²) in [7, 11) is 0. The Kier molecular flexibility index (Phi) is 3.96. The number of nitrogens with two attached hydrogens (primary N) is 1. The Morgan fingerprint density at radius 3 is 3.12 bits per heavy atom. The van der Waals surface area contributed by atoms with E-state index in [0.717, 1.165) is 45.4 Å². The van der Waals surface area contributed by atoms with E-state index in [1.165, 1.54) is 5.57 Å². The van der Waals surface area contributed by atoms with Crippen molar-refractivity contribution in [2.24, 2.45) is 11.7 Å². The van der Waals surface area contributed by atoms with Crippen LogP contribution < -0.4 is 11.1 Å². The van der Waals surface area contributed by atoms with Crippen LogP contribution in [0.1, 0.15) is 25.7 Å². The summed E-state index contributed by atoms with van der Waals surface area (Å²) in [6.07, 6.45) is 6.32. The Balaban J connectivity index is 1.80. The van der Waals surface area contributed by atoms with Crippen molar-refractivity contribution in [3.63, 3.8) is 0 Å². The van der Waals surface area contributed by atoms with Crippen LogP contribution in [0.3, 0.4) is 0 Å². The summed E-state index contributed by atoms with van der Waals surface area (Å²) < 4.78 is 5.37. The van der Waals surface area contributed by atoms with Crippen LogP contribution in [0, 0.1) is 5.92 Å². The molecule has 4 heteroatoms. The number of carbonyl (C=O) groups excluding carboxylic acids is 1. The SMILES string of the molecule is NC(=O)C1CCCC1NCC1=CCCOC1. The molecule has 16 heavy (non-hydrogen) atoms. The molecule has 4 nitrogen and oxygen atoms in total. The van der Waals surface area contributed by atoms with E-state index < -0.39 is 0 Å². The summed E-state index contributed by atoms with van der Waals surface area (Å²) in [4.78, 5) is 11.2. The van der Waals surface area contributed by atoms with Gasteiger partial charge in [0.05, 0.1) is 19.1 Å². The molecule has 2 aliphatic rings. The normalized spacial score (nSPS) is 30.1. The third kappa shape index (κ3) is 2.83. The molecule has 1 fully saturated rings. The highest BCUT2D eigenvalue weighted by Gasteiger charge is 2.30. The number of nitrogens with one attached hydrogen (secondary N) is 1. The number of amides is 1. The standard InChI is InChI=1S/C12H20N2O2/c13-12(15)10-4-1-5-11(10)14-7-9-3-2-6-16-8-9/h3,10-11,14H,1-2,4-8H2,(H2,13,15). The molecule has 1 amide bonds. The van der Waals surface area contributed by atoms with Gasteiger partial charge in [-0.3, -0.25) is 4.79 Å². The van der Waals surface area contributed by atoms with Gasteiger partial charge in [0.25, 0.3) is 0 Å². The predicted molar refractivity (Wildman–Crippen MR) is 61.8 cm³/mol. The maximum Gasteiger partial charge on any atom is 0.222 e. The van der Waals surface area contributed by atoms with E-state index in [0.29, 0.717) is 0 Å². The van der Waals surface area contributed by atoms with Crippen LogP contribution in [-0.2, 0) is 9.53 Å². The first-order chi connectivity index (χ1) is 7.77. The van der Waals surface area contributed by atoms with Crippen LogP contribution >= 0.6 is 0 Å². The lowest BCUT2D eigenvalue weighted by molar-refractivity contribution is -0.122. The van der Waals surface area contributed by atoms with Crippen molar-refractivity contribution in [1.29, 1.82) is 0 Å². The van der Waals surface area contributed by atoms with Crippen molar-refractivity contribution in [3.05, 3.63) is 11.6 Å². The minimum atomic E-state index is -0.163. The van der Waals surface area contributed by atoms with Gasteiger partial charge in [-0.15, -0.1) is 0 Å². The van der Waals surface area contributed by atoms with Gasteiger partial charge in [-0.1, -0.05) is 12.5 Å². The lowest BCUT2D eigenvalue weighted by atomic mass is 10.0. The fraction of sp³-hybridized carbons (Fsp3) is 0.750. The zero-order valence-corrected chi connectivity index (χ0v) is 9.58. The largest absolute Gasteiger partial charge is 0.377 e. The monoisotopic (exact) mass is 224 g/mol. The fourth-order valence-electron chi connectivity index (χ4n) is 2.54. The molecule has 0 aromatic rings. The van der Waals surface area contributed by atoms with Gasteiger partial charge >= 0.3 is 0 Å². The van der Waals surface area contributed by atoms with Gasteiger partial charge in [0, 0.05) is 12.6 Å². The lowest BCUT2D eigenvalue weighted by Crippen LogP contribution is -2.40. The van der Waals surface area contributed by atoms with Crippen molar-refractivity contribution in [3.8, 4) is 0 Å². The van der Waals surface area contributed by atoms with Crippen LogP contribution in [0.25, 0.3) is 0 Å².